The van der Waals surface area contributed by atoms with Gasteiger partial charge in [-0.05, 0) is 6.42 Å². The lowest BCUT2D eigenvalue weighted by Gasteiger charge is -2.06. The first-order valence-electron chi connectivity index (χ1n) is 5.78. The number of aromatic amines is 1. The summed E-state index contributed by atoms with van der Waals surface area (Å²) in [6, 6.07) is 0. The number of hydrogen-bond acceptors (Lipinski definition) is 4. The third kappa shape index (κ3) is 1.98. The Kier molecular flexibility index (Phi) is 3.34. The molecule has 0 unspecified atom stereocenters. The Morgan fingerprint density at radius 3 is 2.61 bits per heavy atom. The Labute approximate surface area is 108 Å². The van der Waals surface area contributed by atoms with Gasteiger partial charge in [-0.3, -0.25) is 14.3 Å². The molecule has 0 amide bonds. The van der Waals surface area contributed by atoms with Crippen molar-refractivity contribution in [2.45, 2.75) is 30.7 Å². The fraction of sp³-hybridized carbons (Fsp3) is 0.545. The molecule has 18 heavy (non-hydrogen) atoms. The van der Waals surface area contributed by atoms with Crippen molar-refractivity contribution in [1.82, 2.24) is 19.1 Å². The molecule has 7 heteroatoms. The third-order valence-corrected chi connectivity index (χ3v) is 4.29. The van der Waals surface area contributed by atoms with E-state index in [4.69, 9.17) is 0 Å². The molecule has 6 nitrogen and oxygen atoms in total. The number of nitrogens with zero attached hydrogens (tertiary/aromatic N) is 3. The number of imidazole rings is 1. The van der Waals surface area contributed by atoms with Gasteiger partial charge in [0.15, 0.2) is 16.3 Å². The Morgan fingerprint density at radius 1 is 1.33 bits per heavy atom. The molecule has 0 fully saturated rings. The van der Waals surface area contributed by atoms with E-state index in [1.165, 1.54) is 4.57 Å². The molecule has 1 N–H and O–H groups in total. The maximum Gasteiger partial charge on any atom is 0.329 e. The lowest BCUT2D eigenvalue weighted by Crippen LogP contribution is -2.29. The second kappa shape index (κ2) is 4.64. The van der Waals surface area contributed by atoms with Crippen LogP contribution >= 0.6 is 11.8 Å². The summed E-state index contributed by atoms with van der Waals surface area (Å²) in [6.07, 6.45) is 1.02. The number of aromatic nitrogens is 4. The summed E-state index contributed by atoms with van der Waals surface area (Å²) >= 11 is 1.60. The van der Waals surface area contributed by atoms with E-state index in [1.54, 1.807) is 30.4 Å². The molecule has 2 rings (SSSR count). The molecule has 0 saturated heterocycles. The summed E-state index contributed by atoms with van der Waals surface area (Å²) in [6.45, 7) is 4.20. The van der Waals surface area contributed by atoms with Crippen molar-refractivity contribution in [2.24, 2.45) is 14.1 Å². The van der Waals surface area contributed by atoms with Crippen molar-refractivity contribution >= 4 is 22.9 Å². The van der Waals surface area contributed by atoms with Crippen molar-refractivity contribution in [3.8, 4) is 0 Å². The Hall–Kier alpha value is -1.50. The number of aryl methyl sites for hydroxylation is 2. The van der Waals surface area contributed by atoms with Gasteiger partial charge < -0.3 is 4.57 Å². The first kappa shape index (κ1) is 12.9. The van der Waals surface area contributed by atoms with Crippen molar-refractivity contribution in [3.05, 3.63) is 20.8 Å². The predicted molar refractivity (Wildman–Crippen MR) is 72.2 cm³/mol. The van der Waals surface area contributed by atoms with Gasteiger partial charge in [-0.2, -0.15) is 0 Å². The molecular formula is C11H16N4O2S. The highest BCUT2D eigenvalue weighted by atomic mass is 32.2. The van der Waals surface area contributed by atoms with Gasteiger partial charge in [-0.25, -0.2) is 9.78 Å². The quantitative estimate of drug-likeness (QED) is 0.838. The number of rotatable bonds is 3. The second-order valence-electron chi connectivity index (χ2n) is 4.28. The minimum Gasteiger partial charge on any atom is -0.316 e. The van der Waals surface area contributed by atoms with Gasteiger partial charge in [0, 0.05) is 19.3 Å². The van der Waals surface area contributed by atoms with Crippen LogP contribution in [0, 0.1) is 0 Å². The number of nitrogens with one attached hydrogen (secondary N) is 1. The molecule has 0 bridgehead atoms. The molecule has 0 aliphatic heterocycles. The van der Waals surface area contributed by atoms with Crippen LogP contribution in [0.2, 0.25) is 0 Å². The monoisotopic (exact) mass is 268 g/mol. The van der Waals surface area contributed by atoms with E-state index < -0.39 is 5.69 Å². The van der Waals surface area contributed by atoms with Crippen molar-refractivity contribution < 1.29 is 0 Å². The molecule has 2 aromatic rings. The summed E-state index contributed by atoms with van der Waals surface area (Å²) in [7, 11) is 3.39. The number of hydrogen-bond donors (Lipinski definition) is 1. The van der Waals surface area contributed by atoms with Gasteiger partial charge >= 0.3 is 5.69 Å². The molecule has 0 spiro atoms. The van der Waals surface area contributed by atoms with Crippen LogP contribution in [0.4, 0.5) is 0 Å². The summed E-state index contributed by atoms with van der Waals surface area (Å²) < 4.78 is 3.10. The van der Waals surface area contributed by atoms with Gasteiger partial charge in [0.25, 0.3) is 5.56 Å². The minimum absolute atomic E-state index is 0.390. The first-order chi connectivity index (χ1) is 8.45. The van der Waals surface area contributed by atoms with Crippen LogP contribution in [0.15, 0.2) is 14.7 Å². The minimum atomic E-state index is -0.439. The zero-order chi connectivity index (χ0) is 13.4. The summed E-state index contributed by atoms with van der Waals surface area (Å²) in [5.41, 5.74) is 0.0322. The normalized spacial score (nSPS) is 13.1. The highest BCUT2D eigenvalue weighted by Crippen LogP contribution is 2.25. The highest BCUT2D eigenvalue weighted by molar-refractivity contribution is 7.99. The van der Waals surface area contributed by atoms with Crippen LogP contribution in [-0.4, -0.2) is 24.4 Å². The van der Waals surface area contributed by atoms with Gasteiger partial charge in [-0.1, -0.05) is 25.6 Å². The lowest BCUT2D eigenvalue weighted by atomic mass is 10.4. The van der Waals surface area contributed by atoms with Crippen LogP contribution in [0.1, 0.15) is 20.3 Å². The lowest BCUT2D eigenvalue weighted by molar-refractivity contribution is 0.799. The summed E-state index contributed by atoms with van der Waals surface area (Å²) in [4.78, 5) is 30.0. The molecule has 0 aliphatic rings. The average Bonchev–Trinajstić information content (AvgIpc) is 2.64. The Balaban J connectivity index is 2.70. The van der Waals surface area contributed by atoms with E-state index in [1.807, 2.05) is 0 Å². The molecule has 1 atom stereocenters. The maximum atomic E-state index is 11.8. The van der Waals surface area contributed by atoms with Crippen LogP contribution in [0.25, 0.3) is 11.2 Å². The fourth-order valence-corrected chi connectivity index (χ4v) is 2.57. The number of thioether (sulfide) groups is 1. The molecule has 0 radical (unpaired) electrons. The SMILES string of the molecule is CC[C@H](C)Sc1nc2c(c(=O)[nH]c(=O)n2C)n1C. The smallest absolute Gasteiger partial charge is 0.316 e. The van der Waals surface area contributed by atoms with Crippen LogP contribution < -0.4 is 11.2 Å². The first-order valence-corrected chi connectivity index (χ1v) is 6.66. The molecule has 0 aliphatic carbocycles. The number of H-pyrrole nitrogens is 1. The van der Waals surface area contributed by atoms with E-state index in [0.29, 0.717) is 16.4 Å². The van der Waals surface area contributed by atoms with E-state index in [9.17, 15) is 9.59 Å². The molecular weight excluding hydrogens is 252 g/mol. The molecule has 2 aromatic heterocycles. The van der Waals surface area contributed by atoms with E-state index in [2.05, 4.69) is 23.8 Å². The maximum absolute atomic E-state index is 11.8. The highest BCUT2D eigenvalue weighted by Gasteiger charge is 2.16. The second-order valence-corrected chi connectivity index (χ2v) is 5.69. The van der Waals surface area contributed by atoms with Gasteiger partial charge in [-0.15, -0.1) is 0 Å². The zero-order valence-electron chi connectivity index (χ0n) is 10.9. The molecule has 0 aromatic carbocycles. The third-order valence-electron chi connectivity index (χ3n) is 2.98. The van der Waals surface area contributed by atoms with Crippen LogP contribution in [0.5, 0.6) is 0 Å². The molecule has 98 valence electrons. The van der Waals surface area contributed by atoms with Crippen molar-refractivity contribution in [1.29, 1.82) is 0 Å². The van der Waals surface area contributed by atoms with Crippen molar-refractivity contribution in [2.75, 3.05) is 0 Å². The van der Waals surface area contributed by atoms with Gasteiger partial charge in [0.1, 0.15) is 0 Å². The Bertz CT molecular complexity index is 697. The van der Waals surface area contributed by atoms with Crippen LogP contribution in [-0.2, 0) is 14.1 Å². The Morgan fingerprint density at radius 2 is 2.00 bits per heavy atom. The summed E-state index contributed by atoms with van der Waals surface area (Å²) in [5, 5.41) is 1.17. The largest absolute Gasteiger partial charge is 0.329 e. The standard InChI is InChI=1S/C11H16N4O2S/c1-5-6(2)18-11-12-8-7(14(11)3)9(16)13-10(17)15(8)4/h6H,5H2,1-4H3,(H,13,16,17)/t6-/m0/s1. The fourth-order valence-electron chi connectivity index (χ4n) is 1.66. The van der Waals surface area contributed by atoms with Gasteiger partial charge in [0.2, 0.25) is 0 Å². The van der Waals surface area contributed by atoms with Crippen molar-refractivity contribution in [3.63, 3.8) is 0 Å². The number of fused-ring (bicyclic) bond motifs is 1. The van der Waals surface area contributed by atoms with E-state index in [-0.39, 0.29) is 5.56 Å². The zero-order valence-corrected chi connectivity index (χ0v) is 11.7. The van der Waals surface area contributed by atoms with E-state index in [0.717, 1.165) is 11.6 Å². The predicted octanol–water partition coefficient (Wildman–Crippen LogP) is 0.851. The molecule has 2 heterocycles. The van der Waals surface area contributed by atoms with E-state index >= 15 is 0 Å². The van der Waals surface area contributed by atoms with Crippen LogP contribution in [0.3, 0.4) is 0 Å². The van der Waals surface area contributed by atoms with Gasteiger partial charge in [0.05, 0.1) is 0 Å². The molecule has 0 saturated carbocycles. The average molecular weight is 268 g/mol. The topological polar surface area (TPSA) is 72.7 Å². The summed E-state index contributed by atoms with van der Waals surface area (Å²) in [5.74, 6) is 0.